The maximum absolute atomic E-state index is 12.4. The zero-order valence-electron chi connectivity index (χ0n) is 17.4. The Hall–Kier alpha value is -2.03. The quantitative estimate of drug-likeness (QED) is 0.379. The number of carbonyl (C=O) groups is 1. The number of aliphatic imine (C=N–C) groups is 1. The summed E-state index contributed by atoms with van der Waals surface area (Å²) in [6.45, 7) is 10.8. The second-order valence-corrected chi connectivity index (χ2v) is 7.26. The van der Waals surface area contributed by atoms with Gasteiger partial charge < -0.3 is 19.5 Å². The van der Waals surface area contributed by atoms with E-state index < -0.39 is 0 Å². The number of carbonyl (C=O) groups excluding carboxylic acids is 1. The third-order valence-electron chi connectivity index (χ3n) is 5.09. The molecule has 1 saturated heterocycles. The van der Waals surface area contributed by atoms with Crippen LogP contribution in [0, 0.1) is 6.92 Å². The lowest BCUT2D eigenvalue weighted by Gasteiger charge is -2.36. The SMILES string of the molecule is CCNC(=NCC(C)c1ccc(C)cc1)N1CCN(C(=O)c2ccco2)CC1.I. The first kappa shape index (κ1) is 23.3. The van der Waals surface area contributed by atoms with Gasteiger partial charge >= 0.3 is 0 Å². The van der Waals surface area contributed by atoms with E-state index in [1.807, 2.05) is 4.90 Å². The standard InChI is InChI=1S/C22H30N4O2.HI/c1-4-23-22(24-16-18(3)19-9-7-17(2)8-10-19)26-13-11-25(12-14-26)21(27)20-6-5-15-28-20;/h5-10,15,18H,4,11-14,16H2,1-3H3,(H,23,24);1H. The summed E-state index contributed by atoms with van der Waals surface area (Å²) in [5.74, 6) is 1.64. The molecule has 1 N–H and O–H groups in total. The van der Waals surface area contributed by atoms with Gasteiger partial charge in [0.2, 0.25) is 0 Å². The molecule has 1 atom stereocenters. The van der Waals surface area contributed by atoms with E-state index in [1.54, 1.807) is 12.1 Å². The fraction of sp³-hybridized carbons (Fsp3) is 0.455. The highest BCUT2D eigenvalue weighted by atomic mass is 127. The van der Waals surface area contributed by atoms with Crippen molar-refractivity contribution in [1.29, 1.82) is 0 Å². The highest BCUT2D eigenvalue weighted by Crippen LogP contribution is 2.16. The van der Waals surface area contributed by atoms with Gasteiger partial charge in [0, 0.05) is 45.2 Å². The molecule has 1 aromatic heterocycles. The maximum atomic E-state index is 12.4. The molecule has 0 radical (unpaired) electrons. The first-order valence-electron chi connectivity index (χ1n) is 10.0. The maximum Gasteiger partial charge on any atom is 0.289 e. The summed E-state index contributed by atoms with van der Waals surface area (Å²) in [6, 6.07) is 12.1. The minimum absolute atomic E-state index is 0. The van der Waals surface area contributed by atoms with Crippen molar-refractivity contribution in [2.24, 2.45) is 4.99 Å². The minimum Gasteiger partial charge on any atom is -0.459 e. The lowest BCUT2D eigenvalue weighted by molar-refractivity contribution is 0.0657. The van der Waals surface area contributed by atoms with Gasteiger partial charge in [0.25, 0.3) is 5.91 Å². The molecule has 6 nitrogen and oxygen atoms in total. The average molecular weight is 510 g/mol. The van der Waals surface area contributed by atoms with Crippen molar-refractivity contribution in [2.45, 2.75) is 26.7 Å². The van der Waals surface area contributed by atoms with Crippen molar-refractivity contribution in [3.05, 3.63) is 59.5 Å². The first-order chi connectivity index (χ1) is 13.6. The van der Waals surface area contributed by atoms with Gasteiger partial charge in [-0.2, -0.15) is 0 Å². The Kier molecular flexibility index (Phi) is 9.00. The lowest BCUT2D eigenvalue weighted by atomic mass is 10.0. The molecule has 1 aliphatic rings. The summed E-state index contributed by atoms with van der Waals surface area (Å²) >= 11 is 0. The summed E-state index contributed by atoms with van der Waals surface area (Å²) in [5.41, 5.74) is 2.58. The zero-order valence-corrected chi connectivity index (χ0v) is 19.8. The van der Waals surface area contributed by atoms with Crippen molar-refractivity contribution >= 4 is 35.8 Å². The number of amides is 1. The van der Waals surface area contributed by atoms with Crippen molar-refractivity contribution < 1.29 is 9.21 Å². The van der Waals surface area contributed by atoms with Crippen LogP contribution < -0.4 is 5.32 Å². The smallest absolute Gasteiger partial charge is 0.289 e. The molecule has 1 aromatic carbocycles. The second kappa shape index (κ2) is 11.2. The fourth-order valence-corrected chi connectivity index (χ4v) is 3.33. The molecule has 0 spiro atoms. The van der Waals surface area contributed by atoms with Crippen molar-refractivity contribution in [1.82, 2.24) is 15.1 Å². The van der Waals surface area contributed by atoms with Crippen LogP contribution in [-0.2, 0) is 0 Å². The number of aryl methyl sites for hydroxylation is 1. The molecule has 1 amide bonds. The Morgan fingerprint density at radius 2 is 1.79 bits per heavy atom. The molecule has 158 valence electrons. The molecular weight excluding hydrogens is 479 g/mol. The van der Waals surface area contributed by atoms with Gasteiger partial charge in [0.15, 0.2) is 11.7 Å². The topological polar surface area (TPSA) is 61.1 Å². The van der Waals surface area contributed by atoms with Gasteiger partial charge in [-0.1, -0.05) is 36.8 Å². The molecule has 7 heteroatoms. The largest absolute Gasteiger partial charge is 0.459 e. The molecule has 1 fully saturated rings. The Morgan fingerprint density at radius 1 is 1.14 bits per heavy atom. The monoisotopic (exact) mass is 510 g/mol. The molecule has 1 aliphatic heterocycles. The molecule has 2 aromatic rings. The number of hydrogen-bond acceptors (Lipinski definition) is 3. The van der Waals surface area contributed by atoms with E-state index in [0.717, 1.165) is 32.1 Å². The van der Waals surface area contributed by atoms with Gasteiger partial charge in [-0.15, -0.1) is 24.0 Å². The fourth-order valence-electron chi connectivity index (χ4n) is 3.33. The van der Waals surface area contributed by atoms with Crippen LogP contribution in [0.2, 0.25) is 0 Å². The Bertz CT molecular complexity index is 782. The molecular formula is C22H31IN4O2. The predicted molar refractivity (Wildman–Crippen MR) is 127 cm³/mol. The van der Waals surface area contributed by atoms with Gasteiger partial charge in [-0.05, 0) is 31.5 Å². The summed E-state index contributed by atoms with van der Waals surface area (Å²) < 4.78 is 5.23. The number of nitrogens with zero attached hydrogens (tertiary/aromatic N) is 3. The normalized spacial score (nSPS) is 15.6. The van der Waals surface area contributed by atoms with E-state index in [4.69, 9.17) is 9.41 Å². The number of rotatable bonds is 5. The summed E-state index contributed by atoms with van der Waals surface area (Å²) in [5, 5.41) is 3.39. The van der Waals surface area contributed by atoms with Crippen LogP contribution in [0.15, 0.2) is 52.1 Å². The van der Waals surface area contributed by atoms with Gasteiger partial charge in [-0.3, -0.25) is 9.79 Å². The Balaban J connectivity index is 0.00000300. The Labute approximate surface area is 190 Å². The number of hydrogen-bond donors (Lipinski definition) is 1. The number of furan rings is 1. The number of guanidine groups is 1. The summed E-state index contributed by atoms with van der Waals surface area (Å²) in [6.07, 6.45) is 1.54. The number of piperazine rings is 1. The molecule has 29 heavy (non-hydrogen) atoms. The van der Waals surface area contributed by atoms with Crippen LogP contribution in [0.5, 0.6) is 0 Å². The zero-order chi connectivity index (χ0) is 19.9. The van der Waals surface area contributed by atoms with Crippen molar-refractivity contribution in [3.63, 3.8) is 0 Å². The molecule has 3 rings (SSSR count). The van der Waals surface area contributed by atoms with Crippen LogP contribution in [-0.4, -0.2) is 60.9 Å². The van der Waals surface area contributed by atoms with E-state index in [0.29, 0.717) is 24.8 Å². The molecule has 0 aliphatic carbocycles. The van der Waals surface area contributed by atoms with Crippen LogP contribution in [0.3, 0.4) is 0 Å². The van der Waals surface area contributed by atoms with Crippen LogP contribution in [0.1, 0.15) is 41.4 Å². The molecule has 2 heterocycles. The summed E-state index contributed by atoms with van der Waals surface area (Å²) in [4.78, 5) is 21.4. The molecule has 1 unspecified atom stereocenters. The molecule has 0 saturated carbocycles. The predicted octanol–water partition coefficient (Wildman–Crippen LogP) is 3.73. The third kappa shape index (κ3) is 6.22. The number of halogens is 1. The van der Waals surface area contributed by atoms with E-state index in [2.05, 4.69) is 55.3 Å². The third-order valence-corrected chi connectivity index (χ3v) is 5.09. The number of nitrogens with one attached hydrogen (secondary N) is 1. The Morgan fingerprint density at radius 3 is 2.38 bits per heavy atom. The summed E-state index contributed by atoms with van der Waals surface area (Å²) in [7, 11) is 0. The average Bonchev–Trinajstić information content (AvgIpc) is 3.26. The van der Waals surface area contributed by atoms with E-state index >= 15 is 0 Å². The van der Waals surface area contributed by atoms with Crippen LogP contribution in [0.4, 0.5) is 0 Å². The highest BCUT2D eigenvalue weighted by molar-refractivity contribution is 14.0. The van der Waals surface area contributed by atoms with Crippen LogP contribution >= 0.6 is 24.0 Å². The van der Waals surface area contributed by atoms with Crippen molar-refractivity contribution in [3.8, 4) is 0 Å². The van der Waals surface area contributed by atoms with Gasteiger partial charge in [0.05, 0.1) is 6.26 Å². The number of benzene rings is 1. The van der Waals surface area contributed by atoms with E-state index in [1.165, 1.54) is 17.4 Å². The highest BCUT2D eigenvalue weighted by Gasteiger charge is 2.25. The van der Waals surface area contributed by atoms with E-state index in [9.17, 15) is 4.79 Å². The first-order valence-corrected chi connectivity index (χ1v) is 10.0. The van der Waals surface area contributed by atoms with E-state index in [-0.39, 0.29) is 29.9 Å². The minimum atomic E-state index is -0.0421. The van der Waals surface area contributed by atoms with Gasteiger partial charge in [0.1, 0.15) is 0 Å². The second-order valence-electron chi connectivity index (χ2n) is 7.26. The van der Waals surface area contributed by atoms with Crippen molar-refractivity contribution in [2.75, 3.05) is 39.3 Å². The lowest BCUT2D eigenvalue weighted by Crippen LogP contribution is -2.53. The molecule has 0 bridgehead atoms. The van der Waals surface area contributed by atoms with Crippen LogP contribution in [0.25, 0.3) is 0 Å². The van der Waals surface area contributed by atoms with Gasteiger partial charge in [-0.25, -0.2) is 0 Å².